The van der Waals surface area contributed by atoms with Crippen LogP contribution in [0, 0.1) is 0 Å². The predicted molar refractivity (Wildman–Crippen MR) is 124 cm³/mol. The number of benzene rings is 3. The highest BCUT2D eigenvalue weighted by Crippen LogP contribution is 2.29. The molecule has 4 aromatic rings. The minimum Gasteiger partial charge on any atom is -0.495 e. The van der Waals surface area contributed by atoms with E-state index in [1.807, 2.05) is 30.3 Å². The summed E-state index contributed by atoms with van der Waals surface area (Å²) in [6.45, 7) is 4.37. The minimum atomic E-state index is -0.266. The third-order valence-electron chi connectivity index (χ3n) is 5.37. The van der Waals surface area contributed by atoms with Crippen LogP contribution in [0.1, 0.15) is 42.1 Å². The van der Waals surface area contributed by atoms with E-state index in [0.29, 0.717) is 33.8 Å². The molecule has 0 aliphatic carbocycles. The van der Waals surface area contributed by atoms with Crippen molar-refractivity contribution in [3.8, 4) is 17.2 Å². The van der Waals surface area contributed by atoms with Gasteiger partial charge in [-0.25, -0.2) is 4.98 Å². The minimum absolute atomic E-state index is 0.266. The highest BCUT2D eigenvalue weighted by Gasteiger charge is 2.13. The molecule has 31 heavy (non-hydrogen) atoms. The molecule has 0 spiro atoms. The summed E-state index contributed by atoms with van der Waals surface area (Å²) in [4.78, 5) is 17.3. The highest BCUT2D eigenvalue weighted by atomic mass is 35.5. The second-order valence-corrected chi connectivity index (χ2v) is 7.85. The monoisotopic (exact) mass is 434 g/mol. The Morgan fingerprint density at radius 1 is 1.16 bits per heavy atom. The predicted octanol–water partition coefficient (Wildman–Crippen LogP) is 6.92. The lowest BCUT2D eigenvalue weighted by Gasteiger charge is -2.08. The van der Waals surface area contributed by atoms with Gasteiger partial charge in [0, 0.05) is 16.8 Å². The van der Waals surface area contributed by atoms with Crippen molar-refractivity contribution < 1.29 is 13.9 Å². The molecule has 5 nitrogen and oxygen atoms in total. The largest absolute Gasteiger partial charge is 0.495 e. The molecule has 1 N–H and O–H groups in total. The zero-order valence-electron chi connectivity index (χ0n) is 17.6. The average molecular weight is 435 g/mol. The number of nitrogens with one attached hydrogen (secondary N) is 1. The summed E-state index contributed by atoms with van der Waals surface area (Å²) in [5.74, 6) is 1.24. The Kier molecular flexibility index (Phi) is 5.96. The molecule has 0 saturated carbocycles. The first-order valence-corrected chi connectivity index (χ1v) is 10.5. The second-order valence-electron chi connectivity index (χ2n) is 7.44. The summed E-state index contributed by atoms with van der Waals surface area (Å²) in [6.07, 6.45) is 1.07. The number of fused-ring (bicyclic) bond motifs is 1. The number of amides is 1. The number of anilines is 1. The smallest absolute Gasteiger partial charge is 0.255 e. The van der Waals surface area contributed by atoms with Gasteiger partial charge >= 0.3 is 0 Å². The fourth-order valence-electron chi connectivity index (χ4n) is 3.35. The molecular formula is C25H23ClN2O3. The number of halogens is 1. The van der Waals surface area contributed by atoms with E-state index in [0.717, 1.165) is 23.1 Å². The topological polar surface area (TPSA) is 64.4 Å². The van der Waals surface area contributed by atoms with Crippen LogP contribution in [0.5, 0.6) is 5.75 Å². The van der Waals surface area contributed by atoms with Gasteiger partial charge in [-0.05, 0) is 66.4 Å². The SMILES string of the molecule is CCC(C)c1ccc2oc(-c3cccc(NC(=O)c4ccc(OC)c(Cl)c4)c3)nc2c1. The van der Waals surface area contributed by atoms with E-state index in [9.17, 15) is 4.79 Å². The Morgan fingerprint density at radius 2 is 2.00 bits per heavy atom. The van der Waals surface area contributed by atoms with Gasteiger partial charge in [-0.2, -0.15) is 0 Å². The van der Waals surface area contributed by atoms with Gasteiger partial charge in [0.2, 0.25) is 5.89 Å². The molecule has 1 aromatic heterocycles. The van der Waals surface area contributed by atoms with Gasteiger partial charge in [-0.15, -0.1) is 0 Å². The number of hydrogen-bond donors (Lipinski definition) is 1. The highest BCUT2D eigenvalue weighted by molar-refractivity contribution is 6.32. The summed E-state index contributed by atoms with van der Waals surface area (Å²) in [7, 11) is 1.53. The third kappa shape index (κ3) is 4.42. The van der Waals surface area contributed by atoms with E-state index in [-0.39, 0.29) is 5.91 Å². The van der Waals surface area contributed by atoms with E-state index in [4.69, 9.17) is 20.8 Å². The van der Waals surface area contributed by atoms with Crippen LogP contribution in [0.15, 0.2) is 65.1 Å². The van der Waals surface area contributed by atoms with Gasteiger partial charge in [-0.1, -0.05) is 37.6 Å². The molecule has 0 aliphatic heterocycles. The lowest BCUT2D eigenvalue weighted by atomic mass is 9.98. The van der Waals surface area contributed by atoms with Crippen LogP contribution in [-0.2, 0) is 0 Å². The first-order valence-electron chi connectivity index (χ1n) is 10.1. The quantitative estimate of drug-likeness (QED) is 0.357. The zero-order valence-corrected chi connectivity index (χ0v) is 18.4. The maximum atomic E-state index is 12.6. The van der Waals surface area contributed by atoms with Gasteiger partial charge in [0.15, 0.2) is 5.58 Å². The van der Waals surface area contributed by atoms with E-state index in [2.05, 4.69) is 36.3 Å². The molecule has 6 heteroatoms. The Balaban J connectivity index is 1.58. The van der Waals surface area contributed by atoms with Crippen LogP contribution in [0.3, 0.4) is 0 Å². The molecule has 0 bridgehead atoms. The van der Waals surface area contributed by atoms with E-state index in [1.165, 1.54) is 12.7 Å². The van der Waals surface area contributed by atoms with Crippen molar-refractivity contribution in [3.63, 3.8) is 0 Å². The van der Waals surface area contributed by atoms with Crippen molar-refractivity contribution in [2.75, 3.05) is 12.4 Å². The average Bonchev–Trinajstić information content (AvgIpc) is 3.22. The molecular weight excluding hydrogens is 412 g/mol. The summed E-state index contributed by atoms with van der Waals surface area (Å²) in [5, 5.41) is 3.27. The zero-order chi connectivity index (χ0) is 22.0. The number of methoxy groups -OCH3 is 1. The van der Waals surface area contributed by atoms with Gasteiger partial charge < -0.3 is 14.5 Å². The van der Waals surface area contributed by atoms with Crippen molar-refractivity contribution in [1.82, 2.24) is 4.98 Å². The lowest BCUT2D eigenvalue weighted by Crippen LogP contribution is -2.11. The maximum absolute atomic E-state index is 12.6. The van der Waals surface area contributed by atoms with Crippen molar-refractivity contribution in [3.05, 3.63) is 76.8 Å². The number of rotatable bonds is 6. The lowest BCUT2D eigenvalue weighted by molar-refractivity contribution is 0.102. The van der Waals surface area contributed by atoms with Crippen LogP contribution in [-0.4, -0.2) is 18.0 Å². The fourth-order valence-corrected chi connectivity index (χ4v) is 3.61. The van der Waals surface area contributed by atoms with Crippen molar-refractivity contribution >= 4 is 34.3 Å². The standard InChI is InChI=1S/C25H23ClN2O3/c1-4-15(2)16-8-11-23-21(14-16)28-25(31-23)18-6-5-7-19(12-18)27-24(29)17-9-10-22(30-3)20(26)13-17/h5-15H,4H2,1-3H3,(H,27,29). The molecule has 0 radical (unpaired) electrons. The molecule has 1 atom stereocenters. The van der Waals surface area contributed by atoms with Crippen LogP contribution in [0.25, 0.3) is 22.6 Å². The molecule has 0 aliphatic rings. The normalized spacial score (nSPS) is 12.0. The first-order chi connectivity index (χ1) is 15.0. The number of nitrogens with zero attached hydrogens (tertiary/aromatic N) is 1. The molecule has 4 rings (SSSR count). The molecule has 1 amide bonds. The fraction of sp³-hybridized carbons (Fsp3) is 0.200. The molecule has 3 aromatic carbocycles. The maximum Gasteiger partial charge on any atom is 0.255 e. The first kappa shape index (κ1) is 20.9. The molecule has 0 saturated heterocycles. The Morgan fingerprint density at radius 3 is 2.74 bits per heavy atom. The molecule has 158 valence electrons. The second kappa shape index (κ2) is 8.82. The molecule has 0 fully saturated rings. The van der Waals surface area contributed by atoms with Gasteiger partial charge in [0.05, 0.1) is 12.1 Å². The number of hydrogen-bond acceptors (Lipinski definition) is 4. The van der Waals surface area contributed by atoms with Crippen LogP contribution in [0.4, 0.5) is 5.69 Å². The molecule has 1 heterocycles. The van der Waals surface area contributed by atoms with Gasteiger partial charge in [-0.3, -0.25) is 4.79 Å². The summed E-state index contributed by atoms with van der Waals surface area (Å²) in [5.41, 5.74) is 4.67. The summed E-state index contributed by atoms with van der Waals surface area (Å²) >= 11 is 6.13. The Bertz CT molecular complexity index is 1250. The number of ether oxygens (including phenoxy) is 1. The van der Waals surface area contributed by atoms with Gasteiger partial charge in [0.1, 0.15) is 11.3 Å². The molecule has 1 unspecified atom stereocenters. The van der Waals surface area contributed by atoms with E-state index in [1.54, 1.807) is 18.2 Å². The van der Waals surface area contributed by atoms with E-state index < -0.39 is 0 Å². The number of oxazole rings is 1. The Hall–Kier alpha value is -3.31. The van der Waals surface area contributed by atoms with Gasteiger partial charge in [0.25, 0.3) is 5.91 Å². The number of carbonyl (C=O) groups excluding carboxylic acids is 1. The van der Waals surface area contributed by atoms with Crippen molar-refractivity contribution in [2.45, 2.75) is 26.2 Å². The number of carbonyl (C=O) groups is 1. The third-order valence-corrected chi connectivity index (χ3v) is 5.67. The summed E-state index contributed by atoms with van der Waals surface area (Å²) in [6, 6.07) is 18.4. The van der Waals surface area contributed by atoms with Crippen LogP contribution in [0.2, 0.25) is 5.02 Å². The van der Waals surface area contributed by atoms with E-state index >= 15 is 0 Å². The number of aromatic nitrogens is 1. The van der Waals surface area contributed by atoms with Crippen LogP contribution < -0.4 is 10.1 Å². The van der Waals surface area contributed by atoms with Crippen molar-refractivity contribution in [1.29, 1.82) is 0 Å². The Labute approximate surface area is 186 Å². The summed E-state index contributed by atoms with van der Waals surface area (Å²) < 4.78 is 11.1. The van der Waals surface area contributed by atoms with Crippen LogP contribution >= 0.6 is 11.6 Å². The van der Waals surface area contributed by atoms with Crippen molar-refractivity contribution in [2.24, 2.45) is 0 Å².